The van der Waals surface area contributed by atoms with E-state index in [1.165, 1.54) is 18.2 Å². The summed E-state index contributed by atoms with van der Waals surface area (Å²) in [7, 11) is 0. The van der Waals surface area contributed by atoms with E-state index in [0.29, 0.717) is 22.2 Å². The number of aryl methyl sites for hydroxylation is 2. The molecule has 1 heterocycles. The number of carboxylic acid groups (broad SMARTS) is 1. The highest BCUT2D eigenvalue weighted by atomic mass is 19.4. The van der Waals surface area contributed by atoms with Crippen LogP contribution in [0.2, 0.25) is 0 Å². The number of alkyl halides is 3. The fraction of sp³-hybridized carbons (Fsp3) is 0.286. The molecule has 7 heteroatoms. The second-order valence-corrected chi connectivity index (χ2v) is 4.54. The summed E-state index contributed by atoms with van der Waals surface area (Å²) in [6.45, 7) is 1.74. The first-order chi connectivity index (χ1) is 9.74. The van der Waals surface area contributed by atoms with Crippen LogP contribution in [0, 0.1) is 6.92 Å². The monoisotopic (exact) mass is 299 g/mol. The summed E-state index contributed by atoms with van der Waals surface area (Å²) in [4.78, 5) is 14.9. The highest BCUT2D eigenvalue weighted by Gasteiger charge is 2.31. The van der Waals surface area contributed by atoms with Gasteiger partial charge in [0, 0.05) is 17.5 Å². The van der Waals surface area contributed by atoms with E-state index in [0.717, 1.165) is 0 Å². The first kappa shape index (κ1) is 15.1. The van der Waals surface area contributed by atoms with Gasteiger partial charge in [-0.1, -0.05) is 0 Å². The molecule has 0 aliphatic rings. The average molecular weight is 299 g/mol. The van der Waals surface area contributed by atoms with Gasteiger partial charge in [-0.2, -0.15) is 0 Å². The molecule has 2 aromatic rings. The normalized spacial score (nSPS) is 11.6. The van der Waals surface area contributed by atoms with Gasteiger partial charge in [-0.25, -0.2) is 0 Å². The number of aliphatic carboxylic acids is 1. The standard InChI is InChI=1S/C14H12F3NO3/c1-8-6-9(2-5-13(19)20)11-7-10(21-14(15,16)17)3-4-12(11)18-8/h3-4,6-7H,2,5H2,1H3,(H,19,20). The summed E-state index contributed by atoms with van der Waals surface area (Å²) in [6.07, 6.45) is -4.67. The summed E-state index contributed by atoms with van der Waals surface area (Å²) in [5, 5.41) is 9.20. The molecule has 0 saturated heterocycles. The molecule has 0 atom stereocenters. The third-order valence-electron chi connectivity index (χ3n) is 2.84. The zero-order valence-electron chi connectivity index (χ0n) is 11.1. The van der Waals surface area contributed by atoms with Crippen LogP contribution in [0.25, 0.3) is 10.9 Å². The Labute approximate surface area is 118 Å². The molecule has 0 amide bonds. The van der Waals surface area contributed by atoms with Gasteiger partial charge < -0.3 is 9.84 Å². The van der Waals surface area contributed by atoms with Crippen LogP contribution in [0.1, 0.15) is 17.7 Å². The lowest BCUT2D eigenvalue weighted by atomic mass is 10.0. The molecule has 1 aromatic carbocycles. The average Bonchev–Trinajstić information content (AvgIpc) is 2.34. The molecular weight excluding hydrogens is 287 g/mol. The van der Waals surface area contributed by atoms with Crippen LogP contribution in [0.15, 0.2) is 24.3 Å². The molecule has 0 saturated carbocycles. The second kappa shape index (κ2) is 5.59. The Morgan fingerprint density at radius 1 is 1.33 bits per heavy atom. The highest BCUT2D eigenvalue weighted by Crippen LogP contribution is 2.28. The van der Waals surface area contributed by atoms with Gasteiger partial charge in [0.15, 0.2) is 0 Å². The van der Waals surface area contributed by atoms with Gasteiger partial charge in [-0.05, 0) is 43.2 Å². The fourth-order valence-electron chi connectivity index (χ4n) is 2.07. The van der Waals surface area contributed by atoms with Crippen LogP contribution >= 0.6 is 0 Å². The number of benzene rings is 1. The third-order valence-corrected chi connectivity index (χ3v) is 2.84. The maximum Gasteiger partial charge on any atom is 0.573 e. The van der Waals surface area contributed by atoms with Crippen molar-refractivity contribution in [3.05, 3.63) is 35.5 Å². The van der Waals surface area contributed by atoms with Crippen molar-refractivity contribution in [1.29, 1.82) is 0 Å². The lowest BCUT2D eigenvalue weighted by Crippen LogP contribution is -2.17. The first-order valence-corrected chi connectivity index (χ1v) is 6.12. The predicted octanol–water partition coefficient (Wildman–Crippen LogP) is 3.46. The number of hydrogen-bond acceptors (Lipinski definition) is 3. The van der Waals surface area contributed by atoms with Gasteiger partial charge in [0.25, 0.3) is 0 Å². The zero-order valence-corrected chi connectivity index (χ0v) is 11.1. The number of pyridine rings is 1. The third kappa shape index (κ3) is 4.08. The lowest BCUT2D eigenvalue weighted by molar-refractivity contribution is -0.274. The van der Waals surface area contributed by atoms with Crippen LogP contribution in [0.3, 0.4) is 0 Å². The summed E-state index contributed by atoms with van der Waals surface area (Å²) >= 11 is 0. The van der Waals surface area contributed by atoms with Crippen molar-refractivity contribution in [2.75, 3.05) is 0 Å². The minimum Gasteiger partial charge on any atom is -0.481 e. The fourth-order valence-corrected chi connectivity index (χ4v) is 2.07. The number of rotatable bonds is 4. The number of carbonyl (C=O) groups is 1. The molecule has 112 valence electrons. The van der Waals surface area contributed by atoms with Crippen molar-refractivity contribution >= 4 is 16.9 Å². The minimum atomic E-state index is -4.77. The van der Waals surface area contributed by atoms with Crippen LogP contribution in [-0.2, 0) is 11.2 Å². The number of nitrogens with zero attached hydrogens (tertiary/aromatic N) is 1. The van der Waals surface area contributed by atoms with E-state index in [4.69, 9.17) is 5.11 Å². The van der Waals surface area contributed by atoms with Gasteiger partial charge in [0.05, 0.1) is 5.52 Å². The highest BCUT2D eigenvalue weighted by molar-refractivity contribution is 5.84. The number of fused-ring (bicyclic) bond motifs is 1. The smallest absolute Gasteiger partial charge is 0.481 e. The molecule has 0 fully saturated rings. The van der Waals surface area contributed by atoms with Crippen LogP contribution in [-0.4, -0.2) is 22.4 Å². The topological polar surface area (TPSA) is 59.4 Å². The number of aromatic nitrogens is 1. The van der Waals surface area contributed by atoms with Crippen molar-refractivity contribution in [3.8, 4) is 5.75 Å². The molecule has 0 spiro atoms. The summed E-state index contributed by atoms with van der Waals surface area (Å²) in [5.41, 5.74) is 1.81. The quantitative estimate of drug-likeness (QED) is 0.939. The summed E-state index contributed by atoms with van der Waals surface area (Å²) in [6, 6.07) is 5.51. The van der Waals surface area contributed by atoms with Crippen molar-refractivity contribution in [2.45, 2.75) is 26.1 Å². The number of ether oxygens (including phenoxy) is 1. The van der Waals surface area contributed by atoms with Gasteiger partial charge >= 0.3 is 12.3 Å². The molecule has 0 aliphatic carbocycles. The van der Waals surface area contributed by atoms with Crippen LogP contribution < -0.4 is 4.74 Å². The Morgan fingerprint density at radius 2 is 2.05 bits per heavy atom. The maximum absolute atomic E-state index is 12.2. The van der Waals surface area contributed by atoms with E-state index in [1.54, 1.807) is 13.0 Å². The Morgan fingerprint density at radius 3 is 2.67 bits per heavy atom. The largest absolute Gasteiger partial charge is 0.573 e. The number of halogens is 3. The summed E-state index contributed by atoms with van der Waals surface area (Å²) in [5.74, 6) is -1.32. The van der Waals surface area contributed by atoms with Crippen molar-refractivity contribution in [3.63, 3.8) is 0 Å². The second-order valence-electron chi connectivity index (χ2n) is 4.54. The lowest BCUT2D eigenvalue weighted by Gasteiger charge is -2.11. The molecule has 1 aromatic heterocycles. The van der Waals surface area contributed by atoms with E-state index in [-0.39, 0.29) is 18.6 Å². The molecule has 21 heavy (non-hydrogen) atoms. The van der Waals surface area contributed by atoms with E-state index in [1.807, 2.05) is 0 Å². The molecule has 4 nitrogen and oxygen atoms in total. The number of carboxylic acids is 1. The van der Waals surface area contributed by atoms with E-state index < -0.39 is 12.3 Å². The van der Waals surface area contributed by atoms with E-state index in [9.17, 15) is 18.0 Å². The Balaban J connectivity index is 2.45. The molecule has 2 rings (SSSR count). The minimum absolute atomic E-state index is 0.108. The zero-order chi connectivity index (χ0) is 15.6. The molecule has 0 aliphatic heterocycles. The van der Waals surface area contributed by atoms with Gasteiger partial charge in [-0.15, -0.1) is 13.2 Å². The van der Waals surface area contributed by atoms with Crippen LogP contribution in [0.5, 0.6) is 5.75 Å². The van der Waals surface area contributed by atoms with Crippen molar-refractivity contribution < 1.29 is 27.8 Å². The van der Waals surface area contributed by atoms with Gasteiger partial charge in [0.2, 0.25) is 0 Å². The molecule has 0 radical (unpaired) electrons. The molecule has 0 bridgehead atoms. The Hall–Kier alpha value is -2.31. The molecular formula is C14H12F3NO3. The SMILES string of the molecule is Cc1cc(CCC(=O)O)c2cc(OC(F)(F)F)ccc2n1. The van der Waals surface area contributed by atoms with E-state index in [2.05, 4.69) is 9.72 Å². The van der Waals surface area contributed by atoms with Gasteiger partial charge in [-0.3, -0.25) is 9.78 Å². The molecule has 1 N–H and O–H groups in total. The predicted molar refractivity (Wildman–Crippen MR) is 69.1 cm³/mol. The first-order valence-electron chi connectivity index (χ1n) is 6.12. The Kier molecular flexibility index (Phi) is 4.02. The van der Waals surface area contributed by atoms with Crippen molar-refractivity contribution in [1.82, 2.24) is 4.98 Å². The summed E-state index contributed by atoms with van der Waals surface area (Å²) < 4.78 is 40.6. The van der Waals surface area contributed by atoms with Gasteiger partial charge in [0.1, 0.15) is 5.75 Å². The van der Waals surface area contributed by atoms with Crippen LogP contribution in [0.4, 0.5) is 13.2 Å². The molecule has 0 unspecified atom stereocenters. The number of hydrogen-bond donors (Lipinski definition) is 1. The van der Waals surface area contributed by atoms with E-state index >= 15 is 0 Å². The Bertz CT molecular complexity index is 683. The van der Waals surface area contributed by atoms with Crippen molar-refractivity contribution in [2.24, 2.45) is 0 Å². The maximum atomic E-state index is 12.2.